The third-order valence-electron chi connectivity index (χ3n) is 2.93. The van der Waals surface area contributed by atoms with Gasteiger partial charge in [-0.2, -0.15) is 5.10 Å². The quantitative estimate of drug-likeness (QED) is 0.599. The molecule has 0 radical (unpaired) electrons. The largest absolute Gasteiger partial charge is 0.399 e. The van der Waals surface area contributed by atoms with Crippen molar-refractivity contribution in [3.05, 3.63) is 42.2 Å². The SMILES string of the molecule is CCOCCCNC(=O)c1ccn(-c2ccc(N)cc2)n1. The summed E-state index contributed by atoms with van der Waals surface area (Å²) < 4.78 is 6.86. The van der Waals surface area contributed by atoms with Crippen LogP contribution in [0.3, 0.4) is 0 Å². The Kier molecular flexibility index (Phi) is 5.34. The maximum Gasteiger partial charge on any atom is 0.271 e. The number of aromatic nitrogens is 2. The van der Waals surface area contributed by atoms with Crippen molar-refractivity contribution in [2.75, 3.05) is 25.5 Å². The Hall–Kier alpha value is -2.34. The average molecular weight is 288 g/mol. The molecule has 0 unspecified atom stereocenters. The van der Waals surface area contributed by atoms with Crippen molar-refractivity contribution in [1.82, 2.24) is 15.1 Å². The third kappa shape index (κ3) is 4.32. The van der Waals surface area contributed by atoms with E-state index in [4.69, 9.17) is 10.5 Å². The molecule has 1 aromatic carbocycles. The highest BCUT2D eigenvalue weighted by atomic mass is 16.5. The van der Waals surface area contributed by atoms with Crippen LogP contribution in [0.25, 0.3) is 5.69 Å². The number of carbonyl (C=O) groups excluding carboxylic acids is 1. The van der Waals surface area contributed by atoms with Gasteiger partial charge >= 0.3 is 0 Å². The van der Waals surface area contributed by atoms with Crippen molar-refractivity contribution in [2.45, 2.75) is 13.3 Å². The van der Waals surface area contributed by atoms with E-state index in [0.29, 0.717) is 31.1 Å². The van der Waals surface area contributed by atoms with Gasteiger partial charge in [0, 0.05) is 31.6 Å². The standard InChI is InChI=1S/C15H20N4O2/c1-2-21-11-3-9-17-15(20)14-8-10-19(18-14)13-6-4-12(16)5-7-13/h4-8,10H,2-3,9,11,16H2,1H3,(H,17,20). The van der Waals surface area contributed by atoms with Gasteiger partial charge in [-0.1, -0.05) is 0 Å². The fraction of sp³-hybridized carbons (Fsp3) is 0.333. The maximum absolute atomic E-state index is 11.9. The number of benzene rings is 1. The lowest BCUT2D eigenvalue weighted by Crippen LogP contribution is -2.25. The van der Waals surface area contributed by atoms with Crippen LogP contribution < -0.4 is 11.1 Å². The van der Waals surface area contributed by atoms with Crippen LogP contribution in [-0.2, 0) is 4.74 Å². The van der Waals surface area contributed by atoms with E-state index in [-0.39, 0.29) is 5.91 Å². The number of hydrogen-bond donors (Lipinski definition) is 2. The smallest absolute Gasteiger partial charge is 0.271 e. The molecule has 3 N–H and O–H groups in total. The molecule has 0 bridgehead atoms. The number of carbonyl (C=O) groups is 1. The summed E-state index contributed by atoms with van der Waals surface area (Å²) in [5, 5.41) is 7.07. The first-order chi connectivity index (χ1) is 10.2. The lowest BCUT2D eigenvalue weighted by molar-refractivity contribution is 0.0939. The zero-order valence-corrected chi connectivity index (χ0v) is 12.1. The van der Waals surface area contributed by atoms with E-state index in [1.807, 2.05) is 19.1 Å². The molecule has 0 aliphatic carbocycles. The fourth-order valence-corrected chi connectivity index (χ4v) is 1.83. The fourth-order valence-electron chi connectivity index (χ4n) is 1.83. The molecule has 2 rings (SSSR count). The number of anilines is 1. The number of nitrogen functional groups attached to an aromatic ring is 1. The lowest BCUT2D eigenvalue weighted by atomic mass is 10.3. The number of amides is 1. The van der Waals surface area contributed by atoms with E-state index in [2.05, 4.69) is 10.4 Å². The Morgan fingerprint density at radius 3 is 2.81 bits per heavy atom. The second kappa shape index (κ2) is 7.44. The Bertz CT molecular complexity index is 578. The van der Waals surface area contributed by atoms with Crippen molar-refractivity contribution in [2.24, 2.45) is 0 Å². The van der Waals surface area contributed by atoms with Gasteiger partial charge in [0.2, 0.25) is 0 Å². The minimum absolute atomic E-state index is 0.180. The summed E-state index contributed by atoms with van der Waals surface area (Å²) in [6.45, 7) is 3.87. The van der Waals surface area contributed by atoms with Gasteiger partial charge in [0.05, 0.1) is 5.69 Å². The molecule has 6 nitrogen and oxygen atoms in total. The molecule has 2 aromatic rings. The molecule has 0 atom stereocenters. The lowest BCUT2D eigenvalue weighted by Gasteiger charge is -2.04. The molecule has 0 saturated heterocycles. The normalized spacial score (nSPS) is 10.5. The second-order valence-electron chi connectivity index (χ2n) is 4.54. The summed E-state index contributed by atoms with van der Waals surface area (Å²) in [5.74, 6) is -0.180. The maximum atomic E-state index is 11.9. The molecule has 1 amide bonds. The zero-order valence-electron chi connectivity index (χ0n) is 12.1. The first-order valence-corrected chi connectivity index (χ1v) is 6.98. The summed E-state index contributed by atoms with van der Waals surface area (Å²) in [4.78, 5) is 11.9. The van der Waals surface area contributed by atoms with Gasteiger partial charge in [-0.15, -0.1) is 0 Å². The molecule has 112 valence electrons. The highest BCUT2D eigenvalue weighted by molar-refractivity contribution is 5.92. The molecule has 0 saturated carbocycles. The van der Waals surface area contributed by atoms with Gasteiger partial charge in [0.1, 0.15) is 0 Å². The Morgan fingerprint density at radius 1 is 1.33 bits per heavy atom. The summed E-state index contributed by atoms with van der Waals surface area (Å²) >= 11 is 0. The summed E-state index contributed by atoms with van der Waals surface area (Å²) in [6, 6.07) is 8.99. The number of rotatable bonds is 7. The van der Waals surface area contributed by atoms with E-state index < -0.39 is 0 Å². The molecule has 1 heterocycles. The highest BCUT2D eigenvalue weighted by Crippen LogP contribution is 2.10. The van der Waals surface area contributed by atoms with E-state index in [1.54, 1.807) is 29.1 Å². The molecular weight excluding hydrogens is 268 g/mol. The van der Waals surface area contributed by atoms with Crippen LogP contribution in [0.2, 0.25) is 0 Å². The van der Waals surface area contributed by atoms with Gasteiger partial charge in [-0.25, -0.2) is 4.68 Å². The van der Waals surface area contributed by atoms with E-state index >= 15 is 0 Å². The van der Waals surface area contributed by atoms with Crippen LogP contribution in [0.1, 0.15) is 23.8 Å². The van der Waals surface area contributed by atoms with E-state index in [0.717, 1.165) is 12.1 Å². The van der Waals surface area contributed by atoms with Gasteiger partial charge in [0.25, 0.3) is 5.91 Å². The predicted octanol–water partition coefficient (Wildman–Crippen LogP) is 1.61. The monoisotopic (exact) mass is 288 g/mol. The summed E-state index contributed by atoms with van der Waals surface area (Å²) in [7, 11) is 0. The predicted molar refractivity (Wildman–Crippen MR) is 81.4 cm³/mol. The van der Waals surface area contributed by atoms with Crippen LogP contribution in [0.4, 0.5) is 5.69 Å². The van der Waals surface area contributed by atoms with Crippen molar-refractivity contribution in [3.8, 4) is 5.69 Å². The van der Waals surface area contributed by atoms with Crippen molar-refractivity contribution < 1.29 is 9.53 Å². The topological polar surface area (TPSA) is 82.2 Å². The number of nitrogens with zero attached hydrogens (tertiary/aromatic N) is 2. The number of nitrogens with two attached hydrogens (primary N) is 1. The Morgan fingerprint density at radius 2 is 2.10 bits per heavy atom. The minimum atomic E-state index is -0.180. The van der Waals surface area contributed by atoms with Crippen molar-refractivity contribution in [1.29, 1.82) is 0 Å². The average Bonchev–Trinajstić information content (AvgIpc) is 2.97. The van der Waals surface area contributed by atoms with Gasteiger partial charge in [-0.3, -0.25) is 4.79 Å². The molecule has 0 aliphatic rings. The van der Waals surface area contributed by atoms with Gasteiger partial charge in [0.15, 0.2) is 5.69 Å². The second-order valence-corrected chi connectivity index (χ2v) is 4.54. The molecule has 21 heavy (non-hydrogen) atoms. The highest BCUT2D eigenvalue weighted by Gasteiger charge is 2.09. The molecule has 0 fully saturated rings. The number of nitrogens with one attached hydrogen (secondary N) is 1. The van der Waals surface area contributed by atoms with Gasteiger partial charge in [-0.05, 0) is 43.7 Å². The number of ether oxygens (including phenoxy) is 1. The molecule has 1 aromatic heterocycles. The summed E-state index contributed by atoms with van der Waals surface area (Å²) in [5.41, 5.74) is 7.59. The molecular formula is C15H20N4O2. The third-order valence-corrected chi connectivity index (χ3v) is 2.93. The first-order valence-electron chi connectivity index (χ1n) is 6.98. The summed E-state index contributed by atoms with van der Waals surface area (Å²) in [6.07, 6.45) is 2.54. The minimum Gasteiger partial charge on any atom is -0.399 e. The van der Waals surface area contributed by atoms with Gasteiger partial charge < -0.3 is 15.8 Å². The van der Waals surface area contributed by atoms with Crippen LogP contribution in [0, 0.1) is 0 Å². The number of hydrogen-bond acceptors (Lipinski definition) is 4. The van der Waals surface area contributed by atoms with Crippen LogP contribution in [0.5, 0.6) is 0 Å². The van der Waals surface area contributed by atoms with Crippen LogP contribution in [-0.4, -0.2) is 35.4 Å². The molecule has 0 spiro atoms. The van der Waals surface area contributed by atoms with E-state index in [9.17, 15) is 4.79 Å². The zero-order chi connectivity index (χ0) is 15.1. The van der Waals surface area contributed by atoms with Crippen LogP contribution in [0.15, 0.2) is 36.5 Å². The van der Waals surface area contributed by atoms with Crippen molar-refractivity contribution >= 4 is 11.6 Å². The molecule has 0 aliphatic heterocycles. The first kappa shape index (κ1) is 15.1. The Labute approximate surface area is 123 Å². The Balaban J connectivity index is 1.90. The van der Waals surface area contributed by atoms with Crippen molar-refractivity contribution in [3.63, 3.8) is 0 Å². The molecule has 6 heteroatoms. The van der Waals surface area contributed by atoms with E-state index in [1.165, 1.54) is 0 Å². The van der Waals surface area contributed by atoms with Crippen LogP contribution >= 0.6 is 0 Å².